The van der Waals surface area contributed by atoms with Gasteiger partial charge in [-0.2, -0.15) is 4.31 Å². The number of carbonyl (C=O) groups excluding carboxylic acids is 2. The van der Waals surface area contributed by atoms with Crippen molar-refractivity contribution in [3.8, 4) is 0 Å². The second kappa shape index (κ2) is 8.79. The van der Waals surface area contributed by atoms with Crippen molar-refractivity contribution in [1.82, 2.24) is 9.62 Å². The Bertz CT molecular complexity index is 945. The van der Waals surface area contributed by atoms with E-state index >= 15 is 0 Å². The number of nitrogens with one attached hydrogen (secondary N) is 2. The molecule has 0 unspecified atom stereocenters. The lowest BCUT2D eigenvalue weighted by molar-refractivity contribution is -0.115. The van der Waals surface area contributed by atoms with Crippen LogP contribution < -0.4 is 10.6 Å². The number of piperidine rings is 1. The van der Waals surface area contributed by atoms with Gasteiger partial charge in [0.15, 0.2) is 5.76 Å². The summed E-state index contributed by atoms with van der Waals surface area (Å²) in [5, 5.41) is 5.07. The third kappa shape index (κ3) is 5.24. The molecule has 0 aliphatic carbocycles. The molecule has 2 aromatic rings. The predicted molar refractivity (Wildman–Crippen MR) is 108 cm³/mol. The van der Waals surface area contributed by atoms with Crippen LogP contribution in [-0.4, -0.2) is 44.2 Å². The van der Waals surface area contributed by atoms with Crippen molar-refractivity contribution < 1.29 is 22.4 Å². The van der Waals surface area contributed by atoms with Gasteiger partial charge in [0.1, 0.15) is 0 Å². The van der Waals surface area contributed by atoms with Gasteiger partial charge in [0.2, 0.25) is 15.9 Å². The monoisotopic (exact) mass is 419 g/mol. The summed E-state index contributed by atoms with van der Waals surface area (Å²) in [5.41, 5.74) is 0.446. The largest absolute Gasteiger partial charge is 0.459 e. The molecule has 156 valence electrons. The second-order valence-corrected chi connectivity index (χ2v) is 9.44. The first-order valence-electron chi connectivity index (χ1n) is 9.47. The van der Waals surface area contributed by atoms with Gasteiger partial charge in [0.05, 0.1) is 17.7 Å². The van der Waals surface area contributed by atoms with Crippen molar-refractivity contribution in [2.75, 3.05) is 25.0 Å². The van der Waals surface area contributed by atoms with Gasteiger partial charge in [0.25, 0.3) is 5.91 Å². The minimum atomic E-state index is -3.57. The molecule has 1 aliphatic rings. The molecular weight excluding hydrogens is 394 g/mol. The maximum Gasteiger partial charge on any atom is 0.287 e. The third-order valence-electron chi connectivity index (χ3n) is 4.77. The highest BCUT2D eigenvalue weighted by Gasteiger charge is 2.31. The van der Waals surface area contributed by atoms with Gasteiger partial charge < -0.3 is 15.1 Å². The zero-order chi connectivity index (χ0) is 21.0. The lowest BCUT2D eigenvalue weighted by Crippen LogP contribution is -2.42. The molecule has 1 aliphatic heterocycles. The standard InChI is InChI=1S/C20H25N3O5S/c1-14-10-15(2)13-23(12-14)29(26,27)17-7-5-16(6-8-17)22-19(24)11-21-20(25)18-4-3-9-28-18/h3-9,14-15H,10-13H2,1-2H3,(H,21,25)(H,22,24)/t14-,15-/m0/s1. The first-order chi connectivity index (χ1) is 13.8. The average Bonchev–Trinajstić information content (AvgIpc) is 3.21. The van der Waals surface area contributed by atoms with Gasteiger partial charge in [0, 0.05) is 18.8 Å². The molecule has 1 fully saturated rings. The van der Waals surface area contributed by atoms with Crippen LogP contribution in [0.1, 0.15) is 30.8 Å². The van der Waals surface area contributed by atoms with Crippen LogP contribution in [0.3, 0.4) is 0 Å². The Morgan fingerprint density at radius 2 is 1.76 bits per heavy atom. The third-order valence-corrected chi connectivity index (χ3v) is 6.61. The van der Waals surface area contributed by atoms with E-state index in [0.717, 1.165) is 6.42 Å². The van der Waals surface area contributed by atoms with Gasteiger partial charge in [-0.1, -0.05) is 13.8 Å². The Morgan fingerprint density at radius 1 is 1.10 bits per heavy atom. The summed E-state index contributed by atoms with van der Waals surface area (Å²) in [4.78, 5) is 24.0. The summed E-state index contributed by atoms with van der Waals surface area (Å²) in [5.74, 6) is -0.156. The van der Waals surface area contributed by atoms with Crippen molar-refractivity contribution >= 4 is 27.5 Å². The van der Waals surface area contributed by atoms with Crippen molar-refractivity contribution in [3.63, 3.8) is 0 Å². The summed E-state index contributed by atoms with van der Waals surface area (Å²) < 4.78 is 32.2. The molecule has 2 atom stereocenters. The molecule has 3 rings (SSSR count). The number of nitrogens with zero attached hydrogens (tertiary/aromatic N) is 1. The SMILES string of the molecule is C[C@H]1C[C@H](C)CN(S(=O)(=O)c2ccc(NC(=O)CNC(=O)c3ccco3)cc2)C1. The van der Waals surface area contributed by atoms with E-state index in [1.54, 1.807) is 6.07 Å². The molecule has 29 heavy (non-hydrogen) atoms. The fourth-order valence-corrected chi connectivity index (χ4v) is 5.20. The highest BCUT2D eigenvalue weighted by atomic mass is 32.2. The summed E-state index contributed by atoms with van der Waals surface area (Å²) in [6.07, 6.45) is 2.39. The van der Waals surface area contributed by atoms with Crippen LogP contribution in [0.25, 0.3) is 0 Å². The van der Waals surface area contributed by atoms with Crippen molar-refractivity contribution in [2.45, 2.75) is 25.2 Å². The number of anilines is 1. The number of hydrogen-bond acceptors (Lipinski definition) is 5. The van der Waals surface area contributed by atoms with E-state index in [-0.39, 0.29) is 17.2 Å². The Kier molecular flexibility index (Phi) is 6.39. The number of carbonyl (C=O) groups is 2. The van der Waals surface area contributed by atoms with Crippen molar-refractivity contribution in [1.29, 1.82) is 0 Å². The molecule has 2 heterocycles. The molecule has 1 saturated heterocycles. The van der Waals surface area contributed by atoms with E-state index in [0.29, 0.717) is 30.6 Å². The number of amides is 2. The van der Waals surface area contributed by atoms with Crippen molar-refractivity contribution in [2.24, 2.45) is 11.8 Å². The quantitative estimate of drug-likeness (QED) is 0.747. The Labute approximate surface area is 170 Å². The Balaban J connectivity index is 1.58. The zero-order valence-electron chi connectivity index (χ0n) is 16.4. The van der Waals surface area contributed by atoms with E-state index in [1.807, 2.05) is 0 Å². The number of sulfonamides is 1. The lowest BCUT2D eigenvalue weighted by Gasteiger charge is -2.34. The van der Waals surface area contributed by atoms with Crippen LogP contribution in [0.2, 0.25) is 0 Å². The zero-order valence-corrected chi connectivity index (χ0v) is 17.2. The molecule has 0 radical (unpaired) electrons. The minimum absolute atomic E-state index is 0.119. The average molecular weight is 420 g/mol. The first-order valence-corrected chi connectivity index (χ1v) is 10.9. The minimum Gasteiger partial charge on any atom is -0.459 e. The number of benzene rings is 1. The molecule has 1 aromatic heterocycles. The number of hydrogen-bond donors (Lipinski definition) is 2. The van der Waals surface area contributed by atoms with E-state index < -0.39 is 21.8 Å². The molecule has 0 saturated carbocycles. The summed E-state index contributed by atoms with van der Waals surface area (Å²) in [7, 11) is -3.57. The maximum atomic E-state index is 12.9. The van der Waals surface area contributed by atoms with Gasteiger partial charge in [-0.05, 0) is 54.7 Å². The molecule has 0 bridgehead atoms. The smallest absolute Gasteiger partial charge is 0.287 e. The molecule has 1 aromatic carbocycles. The summed E-state index contributed by atoms with van der Waals surface area (Å²) in [6, 6.07) is 9.12. The number of rotatable bonds is 6. The number of furan rings is 1. The van der Waals surface area contributed by atoms with E-state index in [4.69, 9.17) is 4.42 Å². The van der Waals surface area contributed by atoms with Gasteiger partial charge >= 0.3 is 0 Å². The van der Waals surface area contributed by atoms with Crippen LogP contribution in [0, 0.1) is 11.8 Å². The first kappa shape index (κ1) is 21.1. The van der Waals surface area contributed by atoms with Crippen LogP contribution in [0.4, 0.5) is 5.69 Å². The van der Waals surface area contributed by atoms with E-state index in [1.165, 1.54) is 40.9 Å². The van der Waals surface area contributed by atoms with Crippen LogP contribution in [-0.2, 0) is 14.8 Å². The fraction of sp³-hybridized carbons (Fsp3) is 0.400. The van der Waals surface area contributed by atoms with Crippen molar-refractivity contribution in [3.05, 3.63) is 48.4 Å². The molecule has 8 nitrogen and oxygen atoms in total. The molecule has 2 amide bonds. The highest BCUT2D eigenvalue weighted by Crippen LogP contribution is 2.27. The fourth-order valence-electron chi connectivity index (χ4n) is 3.52. The Hall–Kier alpha value is -2.65. The van der Waals surface area contributed by atoms with Crippen LogP contribution >= 0.6 is 0 Å². The van der Waals surface area contributed by atoms with Gasteiger partial charge in [-0.25, -0.2) is 8.42 Å². The predicted octanol–water partition coefficient (Wildman–Crippen LogP) is 2.31. The molecule has 0 spiro atoms. The molecular formula is C20H25N3O5S. The lowest BCUT2D eigenvalue weighted by atomic mass is 9.94. The van der Waals surface area contributed by atoms with Gasteiger partial charge in [-0.15, -0.1) is 0 Å². The normalized spacial score (nSPS) is 20.2. The van der Waals surface area contributed by atoms with E-state index in [2.05, 4.69) is 24.5 Å². The summed E-state index contributed by atoms with van der Waals surface area (Å²) in [6.45, 7) is 4.91. The topological polar surface area (TPSA) is 109 Å². The van der Waals surface area contributed by atoms with Crippen LogP contribution in [0.15, 0.2) is 52.0 Å². The maximum absolute atomic E-state index is 12.9. The highest BCUT2D eigenvalue weighted by molar-refractivity contribution is 7.89. The summed E-state index contributed by atoms with van der Waals surface area (Å²) >= 11 is 0. The molecule has 9 heteroatoms. The Morgan fingerprint density at radius 3 is 2.34 bits per heavy atom. The molecule has 2 N–H and O–H groups in total. The second-order valence-electron chi connectivity index (χ2n) is 7.50. The van der Waals surface area contributed by atoms with Gasteiger partial charge in [-0.3, -0.25) is 9.59 Å². The van der Waals surface area contributed by atoms with Crippen LogP contribution in [0.5, 0.6) is 0 Å². The van der Waals surface area contributed by atoms with E-state index in [9.17, 15) is 18.0 Å².